The van der Waals surface area contributed by atoms with Crippen LogP contribution in [-0.2, 0) is 9.59 Å². The zero-order valence-electron chi connectivity index (χ0n) is 9.78. The first kappa shape index (κ1) is 12.2. The third-order valence-corrected chi connectivity index (χ3v) is 2.82. The second-order valence-corrected chi connectivity index (χ2v) is 5.33. The van der Waals surface area contributed by atoms with Gasteiger partial charge in [0.25, 0.3) is 0 Å². The lowest BCUT2D eigenvalue weighted by atomic mass is 9.89. The summed E-state index contributed by atoms with van der Waals surface area (Å²) in [4.78, 5) is 24.2. The van der Waals surface area contributed by atoms with E-state index in [0.717, 1.165) is 0 Å². The van der Waals surface area contributed by atoms with Crippen molar-refractivity contribution >= 4 is 11.8 Å². The van der Waals surface area contributed by atoms with Crippen LogP contribution < -0.4 is 0 Å². The Morgan fingerprint density at radius 3 is 2.33 bits per heavy atom. The number of likely N-dealkylation sites (tertiary alicyclic amines) is 1. The Morgan fingerprint density at radius 1 is 1.47 bits per heavy atom. The summed E-state index contributed by atoms with van der Waals surface area (Å²) in [6, 6.07) is 0. The van der Waals surface area contributed by atoms with Crippen LogP contribution in [0.3, 0.4) is 0 Å². The standard InChI is InChI=1S/C11H19NO3/c1-7-5-9(14)12(10(7)15)6-8(13)11(2,3)4/h7-8,13H,5-6H2,1-4H3. The van der Waals surface area contributed by atoms with Gasteiger partial charge < -0.3 is 5.11 Å². The summed E-state index contributed by atoms with van der Waals surface area (Å²) >= 11 is 0. The smallest absolute Gasteiger partial charge is 0.232 e. The molecule has 4 heteroatoms. The van der Waals surface area contributed by atoms with Crippen LogP contribution >= 0.6 is 0 Å². The molecule has 1 rings (SSSR count). The SMILES string of the molecule is CC1CC(=O)N(CC(O)C(C)(C)C)C1=O. The van der Waals surface area contributed by atoms with Gasteiger partial charge in [-0.25, -0.2) is 0 Å². The van der Waals surface area contributed by atoms with Crippen molar-refractivity contribution in [3.05, 3.63) is 0 Å². The van der Waals surface area contributed by atoms with Crippen molar-refractivity contribution in [1.82, 2.24) is 4.90 Å². The Kier molecular flexibility index (Phi) is 3.19. The molecule has 0 spiro atoms. The minimum Gasteiger partial charge on any atom is -0.391 e. The maximum Gasteiger partial charge on any atom is 0.232 e. The van der Waals surface area contributed by atoms with E-state index in [-0.39, 0.29) is 36.1 Å². The molecule has 1 N–H and O–H groups in total. The Bertz CT molecular complexity index is 280. The van der Waals surface area contributed by atoms with E-state index in [2.05, 4.69) is 0 Å². The summed E-state index contributed by atoms with van der Waals surface area (Å²) < 4.78 is 0. The fourth-order valence-corrected chi connectivity index (χ4v) is 1.49. The summed E-state index contributed by atoms with van der Waals surface area (Å²) in [5.41, 5.74) is -0.313. The van der Waals surface area contributed by atoms with E-state index in [1.54, 1.807) is 6.92 Å². The number of aliphatic hydroxyl groups excluding tert-OH is 1. The molecule has 1 aliphatic heterocycles. The molecule has 4 nitrogen and oxygen atoms in total. The highest BCUT2D eigenvalue weighted by Gasteiger charge is 2.38. The molecule has 0 aromatic rings. The van der Waals surface area contributed by atoms with Gasteiger partial charge in [-0.2, -0.15) is 0 Å². The number of imide groups is 1. The number of aliphatic hydroxyl groups is 1. The summed E-state index contributed by atoms with van der Waals surface area (Å²) in [6.45, 7) is 7.50. The predicted octanol–water partition coefficient (Wildman–Crippen LogP) is 0.788. The van der Waals surface area contributed by atoms with Crippen LogP contribution in [0.15, 0.2) is 0 Å². The molecule has 1 heterocycles. The molecule has 0 saturated carbocycles. The fourth-order valence-electron chi connectivity index (χ4n) is 1.49. The highest BCUT2D eigenvalue weighted by molar-refractivity contribution is 6.03. The number of hydrogen-bond acceptors (Lipinski definition) is 3. The van der Waals surface area contributed by atoms with Gasteiger partial charge in [0.15, 0.2) is 0 Å². The van der Waals surface area contributed by atoms with Crippen LogP contribution in [0.1, 0.15) is 34.1 Å². The number of rotatable bonds is 2. The van der Waals surface area contributed by atoms with E-state index in [4.69, 9.17) is 0 Å². The molecular weight excluding hydrogens is 194 g/mol. The minimum absolute atomic E-state index is 0.117. The van der Waals surface area contributed by atoms with E-state index < -0.39 is 6.10 Å². The van der Waals surface area contributed by atoms with Crippen molar-refractivity contribution < 1.29 is 14.7 Å². The first-order valence-electron chi connectivity index (χ1n) is 5.25. The summed E-state index contributed by atoms with van der Waals surface area (Å²) in [6.07, 6.45) is -0.397. The molecule has 2 unspecified atom stereocenters. The number of amides is 2. The van der Waals surface area contributed by atoms with Crippen molar-refractivity contribution in [2.45, 2.75) is 40.2 Å². The lowest BCUT2D eigenvalue weighted by Crippen LogP contribution is -2.42. The van der Waals surface area contributed by atoms with Crippen molar-refractivity contribution in [2.24, 2.45) is 11.3 Å². The van der Waals surface area contributed by atoms with Gasteiger partial charge in [-0.15, -0.1) is 0 Å². The highest BCUT2D eigenvalue weighted by atomic mass is 16.3. The second-order valence-electron chi connectivity index (χ2n) is 5.33. The number of β-amino-alcohol motifs (C(OH)–C–C–N with tert-alkyl or cyclic N) is 1. The number of hydrogen-bond donors (Lipinski definition) is 1. The summed E-state index contributed by atoms with van der Waals surface area (Å²) in [5.74, 6) is -0.566. The Morgan fingerprint density at radius 2 is 2.00 bits per heavy atom. The van der Waals surface area contributed by atoms with Gasteiger partial charge in [-0.1, -0.05) is 27.7 Å². The average molecular weight is 213 g/mol. The van der Waals surface area contributed by atoms with Gasteiger partial charge >= 0.3 is 0 Å². The first-order chi connectivity index (χ1) is 6.73. The largest absolute Gasteiger partial charge is 0.391 e. The average Bonchev–Trinajstić information content (AvgIpc) is 2.30. The molecule has 1 aliphatic rings. The van der Waals surface area contributed by atoms with Gasteiger partial charge in [0.05, 0.1) is 12.6 Å². The monoisotopic (exact) mass is 213 g/mol. The van der Waals surface area contributed by atoms with Crippen LogP contribution in [0.4, 0.5) is 0 Å². The topological polar surface area (TPSA) is 57.6 Å². The summed E-state index contributed by atoms with van der Waals surface area (Å²) in [7, 11) is 0. The Hall–Kier alpha value is -0.900. The van der Waals surface area contributed by atoms with Crippen LogP contribution in [0.5, 0.6) is 0 Å². The Labute approximate surface area is 90.3 Å². The Balaban J connectivity index is 2.67. The van der Waals surface area contributed by atoms with Gasteiger partial charge in [0, 0.05) is 12.3 Å². The molecule has 0 aliphatic carbocycles. The van der Waals surface area contributed by atoms with E-state index in [1.165, 1.54) is 4.90 Å². The van der Waals surface area contributed by atoms with Crippen molar-refractivity contribution in [1.29, 1.82) is 0 Å². The van der Waals surface area contributed by atoms with E-state index in [9.17, 15) is 14.7 Å². The quantitative estimate of drug-likeness (QED) is 0.690. The van der Waals surface area contributed by atoms with Gasteiger partial charge in [0.1, 0.15) is 0 Å². The number of carbonyl (C=O) groups is 2. The third-order valence-electron chi connectivity index (χ3n) is 2.82. The molecular formula is C11H19NO3. The van der Waals surface area contributed by atoms with Gasteiger partial charge in [0.2, 0.25) is 11.8 Å². The molecule has 0 aromatic carbocycles. The molecule has 0 bridgehead atoms. The molecule has 0 radical (unpaired) electrons. The maximum atomic E-state index is 11.6. The van der Waals surface area contributed by atoms with Gasteiger partial charge in [-0.3, -0.25) is 14.5 Å². The minimum atomic E-state index is -0.671. The van der Waals surface area contributed by atoms with E-state index in [0.29, 0.717) is 0 Å². The van der Waals surface area contributed by atoms with Crippen LogP contribution in [0.25, 0.3) is 0 Å². The van der Waals surface area contributed by atoms with Crippen LogP contribution in [-0.4, -0.2) is 34.5 Å². The second kappa shape index (κ2) is 3.93. The number of nitrogens with zero attached hydrogens (tertiary/aromatic N) is 1. The number of carbonyl (C=O) groups excluding carboxylic acids is 2. The molecule has 2 atom stereocenters. The van der Waals surface area contributed by atoms with Crippen molar-refractivity contribution in [3.8, 4) is 0 Å². The predicted molar refractivity (Wildman–Crippen MR) is 56.0 cm³/mol. The molecule has 1 saturated heterocycles. The summed E-state index contributed by atoms with van der Waals surface area (Å²) in [5, 5.41) is 9.82. The zero-order valence-corrected chi connectivity index (χ0v) is 9.78. The molecule has 2 amide bonds. The first-order valence-corrected chi connectivity index (χ1v) is 5.25. The normalized spacial score (nSPS) is 24.9. The van der Waals surface area contributed by atoms with Crippen molar-refractivity contribution in [3.63, 3.8) is 0 Å². The van der Waals surface area contributed by atoms with Crippen molar-refractivity contribution in [2.75, 3.05) is 6.54 Å². The molecule has 86 valence electrons. The third kappa shape index (κ3) is 2.56. The van der Waals surface area contributed by atoms with Gasteiger partial charge in [-0.05, 0) is 5.41 Å². The highest BCUT2D eigenvalue weighted by Crippen LogP contribution is 2.24. The van der Waals surface area contributed by atoms with E-state index in [1.807, 2.05) is 20.8 Å². The lowest BCUT2D eigenvalue weighted by Gasteiger charge is -2.28. The molecule has 15 heavy (non-hydrogen) atoms. The molecule has 1 fully saturated rings. The lowest BCUT2D eigenvalue weighted by molar-refractivity contribution is -0.142. The zero-order chi connectivity index (χ0) is 11.8. The molecule has 0 aromatic heterocycles. The van der Waals surface area contributed by atoms with Crippen LogP contribution in [0, 0.1) is 11.3 Å². The maximum absolute atomic E-state index is 11.6. The van der Waals surface area contributed by atoms with E-state index >= 15 is 0 Å². The van der Waals surface area contributed by atoms with Crippen LogP contribution in [0.2, 0.25) is 0 Å². The fraction of sp³-hybridized carbons (Fsp3) is 0.818.